The lowest BCUT2D eigenvalue weighted by atomic mass is 10.0. The Morgan fingerprint density at radius 2 is 1.19 bits per heavy atom. The monoisotopic (exact) mass is 424 g/mol. The van der Waals surface area contributed by atoms with Gasteiger partial charge < -0.3 is 0 Å². The third-order valence-corrected chi connectivity index (χ3v) is 5.45. The number of hydrogen-bond acceptors (Lipinski definition) is 1. The maximum absolute atomic E-state index is 14.0. The number of hydrogen-bond donors (Lipinski definition) is 0. The van der Waals surface area contributed by atoms with Crippen LogP contribution < -0.4 is 0 Å². The van der Waals surface area contributed by atoms with Crippen LogP contribution in [-0.2, 0) is 0 Å². The molecule has 0 aliphatic carbocycles. The van der Waals surface area contributed by atoms with Crippen LogP contribution >= 0.6 is 11.6 Å². The normalized spacial score (nSPS) is 10.9. The molecular weight excluding hydrogens is 407 g/mol. The van der Waals surface area contributed by atoms with Crippen molar-refractivity contribution in [2.24, 2.45) is 0 Å². The highest BCUT2D eigenvalue weighted by atomic mass is 35.5. The molecule has 0 fully saturated rings. The molecular formula is C27H18ClFN2. The van der Waals surface area contributed by atoms with E-state index in [2.05, 4.69) is 16.7 Å². The summed E-state index contributed by atoms with van der Waals surface area (Å²) in [6.45, 7) is 0. The second-order valence-electron chi connectivity index (χ2n) is 7.16. The predicted molar refractivity (Wildman–Crippen MR) is 125 cm³/mol. The number of rotatable bonds is 4. The van der Waals surface area contributed by atoms with Crippen molar-refractivity contribution in [3.63, 3.8) is 0 Å². The molecule has 0 aliphatic rings. The first-order valence-electron chi connectivity index (χ1n) is 9.97. The molecule has 1 heterocycles. The van der Waals surface area contributed by atoms with Gasteiger partial charge in [-0.25, -0.2) is 9.37 Å². The van der Waals surface area contributed by atoms with Crippen molar-refractivity contribution in [3.8, 4) is 39.6 Å². The highest BCUT2D eigenvalue weighted by molar-refractivity contribution is 6.30. The van der Waals surface area contributed by atoms with Crippen LogP contribution in [0.15, 0.2) is 109 Å². The maximum atomic E-state index is 14.0. The van der Waals surface area contributed by atoms with Crippen molar-refractivity contribution >= 4 is 11.6 Å². The summed E-state index contributed by atoms with van der Waals surface area (Å²) in [5.74, 6) is 0.317. The molecule has 0 N–H and O–H groups in total. The molecule has 1 aromatic heterocycles. The largest absolute Gasteiger partial charge is 0.292 e. The fraction of sp³-hybridized carbons (Fsp3) is 0. The van der Waals surface area contributed by atoms with Crippen LogP contribution in [-0.4, -0.2) is 9.55 Å². The molecule has 0 atom stereocenters. The van der Waals surface area contributed by atoms with Crippen LogP contribution in [0.4, 0.5) is 4.39 Å². The van der Waals surface area contributed by atoms with Gasteiger partial charge in [0, 0.05) is 22.4 Å². The Kier molecular flexibility index (Phi) is 5.11. The van der Waals surface area contributed by atoms with E-state index in [-0.39, 0.29) is 5.02 Å². The molecule has 0 amide bonds. The topological polar surface area (TPSA) is 17.8 Å². The van der Waals surface area contributed by atoms with E-state index in [1.807, 2.05) is 78.9 Å². The van der Waals surface area contributed by atoms with Gasteiger partial charge in [0.05, 0.1) is 16.4 Å². The molecule has 4 heteroatoms. The third kappa shape index (κ3) is 3.65. The Hall–Kier alpha value is -3.69. The molecule has 5 rings (SSSR count). The van der Waals surface area contributed by atoms with Gasteiger partial charge in [-0.05, 0) is 18.2 Å². The van der Waals surface area contributed by atoms with Crippen molar-refractivity contribution < 1.29 is 4.39 Å². The zero-order chi connectivity index (χ0) is 21.2. The molecule has 150 valence electrons. The highest BCUT2D eigenvalue weighted by Gasteiger charge is 2.22. The molecule has 0 bridgehead atoms. The number of benzene rings is 4. The summed E-state index contributed by atoms with van der Waals surface area (Å²) in [7, 11) is 0. The first-order valence-corrected chi connectivity index (χ1v) is 10.3. The summed E-state index contributed by atoms with van der Waals surface area (Å²) in [5, 5.41) is 0.0745. The Morgan fingerprint density at radius 1 is 0.645 bits per heavy atom. The standard InChI is InChI=1S/C27H18ClFN2/c28-23-18-22(16-17-24(23)29)31-26(20-12-6-2-7-13-20)25(19-10-4-1-5-11-19)30-27(31)21-14-8-3-9-15-21/h1-18H. The second kappa shape index (κ2) is 8.21. The van der Waals surface area contributed by atoms with Gasteiger partial charge in [0.25, 0.3) is 0 Å². The summed E-state index contributed by atoms with van der Waals surface area (Å²) in [4.78, 5) is 5.08. The van der Waals surface area contributed by atoms with E-state index in [9.17, 15) is 4.39 Å². The van der Waals surface area contributed by atoms with E-state index in [4.69, 9.17) is 16.6 Å². The van der Waals surface area contributed by atoms with Crippen LogP contribution in [0, 0.1) is 5.82 Å². The van der Waals surface area contributed by atoms with Crippen molar-refractivity contribution in [2.75, 3.05) is 0 Å². The van der Waals surface area contributed by atoms with Gasteiger partial charge in [0.15, 0.2) is 0 Å². The van der Waals surface area contributed by atoms with Crippen LogP contribution in [0.25, 0.3) is 39.6 Å². The maximum Gasteiger partial charge on any atom is 0.145 e. The van der Waals surface area contributed by atoms with Gasteiger partial charge in [0.1, 0.15) is 11.6 Å². The minimum atomic E-state index is -0.448. The fourth-order valence-electron chi connectivity index (χ4n) is 3.74. The lowest BCUT2D eigenvalue weighted by Crippen LogP contribution is -2.01. The van der Waals surface area contributed by atoms with Gasteiger partial charge in [-0.3, -0.25) is 4.57 Å². The van der Waals surface area contributed by atoms with Crippen LogP contribution in [0.2, 0.25) is 5.02 Å². The van der Waals surface area contributed by atoms with Crippen molar-refractivity contribution in [2.45, 2.75) is 0 Å². The first kappa shape index (κ1) is 19.3. The highest BCUT2D eigenvalue weighted by Crippen LogP contribution is 2.39. The smallest absolute Gasteiger partial charge is 0.145 e. The Morgan fingerprint density at radius 3 is 1.77 bits per heavy atom. The molecule has 0 saturated carbocycles. The molecule has 5 aromatic rings. The summed E-state index contributed by atoms with van der Waals surface area (Å²) >= 11 is 6.18. The molecule has 0 radical (unpaired) electrons. The third-order valence-electron chi connectivity index (χ3n) is 5.17. The lowest BCUT2D eigenvalue weighted by Gasteiger charge is -2.14. The Balaban J connectivity index is 1.89. The summed E-state index contributed by atoms with van der Waals surface area (Å²) in [6, 6.07) is 34.9. The Bertz CT molecular complexity index is 1330. The minimum absolute atomic E-state index is 0.0745. The second-order valence-corrected chi connectivity index (χ2v) is 7.57. The Labute approximate surface area is 185 Å². The average Bonchev–Trinajstić information content (AvgIpc) is 3.23. The van der Waals surface area contributed by atoms with Gasteiger partial charge >= 0.3 is 0 Å². The zero-order valence-electron chi connectivity index (χ0n) is 16.5. The minimum Gasteiger partial charge on any atom is -0.292 e. The van der Waals surface area contributed by atoms with Gasteiger partial charge in [0.2, 0.25) is 0 Å². The van der Waals surface area contributed by atoms with Gasteiger partial charge in [-0.2, -0.15) is 0 Å². The average molecular weight is 425 g/mol. The van der Waals surface area contributed by atoms with E-state index in [1.54, 1.807) is 12.1 Å². The fourth-order valence-corrected chi connectivity index (χ4v) is 3.91. The van der Waals surface area contributed by atoms with Crippen LogP contribution in [0.1, 0.15) is 0 Å². The van der Waals surface area contributed by atoms with Crippen molar-refractivity contribution in [1.29, 1.82) is 0 Å². The van der Waals surface area contributed by atoms with Crippen molar-refractivity contribution in [1.82, 2.24) is 9.55 Å². The number of halogens is 2. The number of nitrogens with zero attached hydrogens (tertiary/aromatic N) is 2. The number of imidazole rings is 1. The van der Waals surface area contributed by atoms with Crippen molar-refractivity contribution in [3.05, 3.63) is 120 Å². The van der Waals surface area contributed by atoms with Crippen LogP contribution in [0.5, 0.6) is 0 Å². The predicted octanol–water partition coefficient (Wildman–Crippen LogP) is 7.67. The molecule has 31 heavy (non-hydrogen) atoms. The first-order chi connectivity index (χ1) is 15.2. The SMILES string of the molecule is Fc1ccc(-n2c(-c3ccccc3)nc(-c3ccccc3)c2-c2ccccc2)cc1Cl. The summed E-state index contributed by atoms with van der Waals surface area (Å²) in [6.07, 6.45) is 0. The molecule has 2 nitrogen and oxygen atoms in total. The summed E-state index contributed by atoms with van der Waals surface area (Å²) in [5.41, 5.74) is 5.50. The molecule has 0 saturated heterocycles. The van der Waals surface area contributed by atoms with E-state index < -0.39 is 5.82 Å². The molecule has 0 unspecified atom stereocenters. The molecule has 4 aromatic carbocycles. The van der Waals surface area contributed by atoms with Gasteiger partial charge in [-0.1, -0.05) is 103 Å². The number of aromatic nitrogens is 2. The van der Waals surface area contributed by atoms with E-state index in [1.165, 1.54) is 6.07 Å². The molecule has 0 spiro atoms. The quantitative estimate of drug-likeness (QED) is 0.289. The van der Waals surface area contributed by atoms with E-state index in [0.29, 0.717) is 0 Å². The van der Waals surface area contributed by atoms with Crippen LogP contribution in [0.3, 0.4) is 0 Å². The summed E-state index contributed by atoms with van der Waals surface area (Å²) < 4.78 is 16.0. The van der Waals surface area contributed by atoms with Gasteiger partial charge in [-0.15, -0.1) is 0 Å². The molecule has 0 aliphatic heterocycles. The zero-order valence-corrected chi connectivity index (χ0v) is 17.3. The van der Waals surface area contributed by atoms with E-state index >= 15 is 0 Å². The van der Waals surface area contributed by atoms with E-state index in [0.717, 1.165) is 39.6 Å². The lowest BCUT2D eigenvalue weighted by molar-refractivity contribution is 0.628.